The van der Waals surface area contributed by atoms with E-state index < -0.39 is 12.1 Å². The molecule has 0 aromatic carbocycles. The van der Waals surface area contributed by atoms with E-state index in [2.05, 4.69) is 9.72 Å². The Hall–Kier alpha value is -1.08. The highest BCUT2D eigenvalue weighted by atomic mass is 127. The van der Waals surface area contributed by atoms with Crippen LogP contribution in [0.5, 0.6) is 5.75 Å². The highest BCUT2D eigenvalue weighted by Gasteiger charge is 2.33. The van der Waals surface area contributed by atoms with E-state index >= 15 is 0 Å². The molecule has 2 N–H and O–H groups in total. The number of hydrogen-bond acceptors (Lipinski definition) is 4. The van der Waals surface area contributed by atoms with Crippen LogP contribution in [0.25, 0.3) is 0 Å². The van der Waals surface area contributed by atoms with Crippen molar-refractivity contribution in [1.82, 2.24) is 4.98 Å². The molecule has 1 aromatic rings. The second-order valence-electron chi connectivity index (χ2n) is 2.97. The molecule has 0 bridgehead atoms. The molecule has 0 saturated heterocycles. The largest absolute Gasteiger partial charge is 0.573 e. The summed E-state index contributed by atoms with van der Waals surface area (Å²) in [5, 5.41) is 8.54. The van der Waals surface area contributed by atoms with Gasteiger partial charge in [0.25, 0.3) is 0 Å². The van der Waals surface area contributed by atoms with Gasteiger partial charge >= 0.3 is 6.36 Å². The number of pyridine rings is 1. The lowest BCUT2D eigenvalue weighted by Crippen LogP contribution is -2.20. The lowest BCUT2D eigenvalue weighted by molar-refractivity contribution is -0.275. The fourth-order valence-electron chi connectivity index (χ4n) is 1.19. The van der Waals surface area contributed by atoms with Gasteiger partial charge in [-0.1, -0.05) is 0 Å². The topological polar surface area (TPSA) is 71.9 Å². The average molecular weight is 357 g/mol. The van der Waals surface area contributed by atoms with Gasteiger partial charge in [-0.15, -0.1) is 13.2 Å². The third kappa shape index (κ3) is 4.01. The SMILES string of the molecule is N#CCc1nc(I)cc(CN)c1OC(F)(F)F. The van der Waals surface area contributed by atoms with Gasteiger partial charge in [0.05, 0.1) is 18.2 Å². The summed E-state index contributed by atoms with van der Waals surface area (Å²) in [5.41, 5.74) is 5.46. The standard InChI is InChI=1S/C9H7F3IN3O/c10-9(11,12)17-8-5(4-15)3-7(13)16-6(8)1-2-14/h3H,1,4,15H2. The third-order valence-electron chi connectivity index (χ3n) is 1.77. The zero-order valence-corrected chi connectivity index (χ0v) is 10.5. The average Bonchev–Trinajstić information content (AvgIpc) is 2.20. The Labute approximate surface area is 109 Å². The Kier molecular flexibility index (Phi) is 4.53. The molecule has 17 heavy (non-hydrogen) atoms. The molecule has 1 aromatic heterocycles. The molecule has 1 rings (SSSR count). The van der Waals surface area contributed by atoms with E-state index in [1.165, 1.54) is 6.07 Å². The van der Waals surface area contributed by atoms with Gasteiger partial charge in [0.15, 0.2) is 5.75 Å². The van der Waals surface area contributed by atoms with E-state index in [0.29, 0.717) is 3.70 Å². The molecule has 1 heterocycles. The summed E-state index contributed by atoms with van der Waals surface area (Å²) in [7, 11) is 0. The first kappa shape index (κ1) is 14.0. The number of nitriles is 1. The maximum atomic E-state index is 12.2. The first-order valence-electron chi connectivity index (χ1n) is 4.38. The number of alkyl halides is 3. The van der Waals surface area contributed by atoms with Crippen molar-refractivity contribution in [3.63, 3.8) is 0 Å². The van der Waals surface area contributed by atoms with Gasteiger partial charge in [0.1, 0.15) is 3.70 Å². The summed E-state index contributed by atoms with van der Waals surface area (Å²) in [6.45, 7) is -0.123. The quantitative estimate of drug-likeness (QED) is 0.665. The predicted molar refractivity (Wildman–Crippen MR) is 60.8 cm³/mol. The second kappa shape index (κ2) is 5.50. The van der Waals surface area contributed by atoms with Gasteiger partial charge in [-0.05, 0) is 28.7 Å². The van der Waals surface area contributed by atoms with Crippen molar-refractivity contribution in [3.05, 3.63) is 21.0 Å². The molecule has 8 heteroatoms. The summed E-state index contributed by atoms with van der Waals surface area (Å²) < 4.78 is 40.9. The number of rotatable bonds is 3. The van der Waals surface area contributed by atoms with E-state index in [4.69, 9.17) is 11.0 Å². The van der Waals surface area contributed by atoms with Crippen molar-refractivity contribution >= 4 is 22.6 Å². The van der Waals surface area contributed by atoms with Gasteiger partial charge in [-0.25, -0.2) is 4.98 Å². The van der Waals surface area contributed by atoms with E-state index in [0.717, 1.165) is 0 Å². The molecule has 0 unspecified atom stereocenters. The maximum Gasteiger partial charge on any atom is 0.573 e. The molecule has 0 amide bonds. The van der Waals surface area contributed by atoms with E-state index in [1.54, 1.807) is 6.07 Å². The molecule has 92 valence electrons. The minimum atomic E-state index is -4.83. The molecule has 0 spiro atoms. The molecule has 0 aliphatic rings. The minimum absolute atomic E-state index is 0.0582. The van der Waals surface area contributed by atoms with Crippen molar-refractivity contribution in [2.24, 2.45) is 5.73 Å². The number of hydrogen-bond donors (Lipinski definition) is 1. The van der Waals surface area contributed by atoms with Crippen LogP contribution in [-0.2, 0) is 13.0 Å². The van der Waals surface area contributed by atoms with Gasteiger partial charge < -0.3 is 10.5 Å². The van der Waals surface area contributed by atoms with Crippen molar-refractivity contribution in [2.45, 2.75) is 19.3 Å². The van der Waals surface area contributed by atoms with Crippen LogP contribution >= 0.6 is 22.6 Å². The Balaban J connectivity index is 3.27. The number of nitrogens with two attached hydrogens (primary N) is 1. The van der Waals surface area contributed by atoms with Crippen molar-refractivity contribution in [2.75, 3.05) is 0 Å². The molecule has 0 saturated carbocycles. The van der Waals surface area contributed by atoms with Crippen LogP contribution in [0, 0.1) is 15.0 Å². The molecular formula is C9H7F3IN3O. The normalized spacial score (nSPS) is 11.1. The van der Waals surface area contributed by atoms with Crippen molar-refractivity contribution < 1.29 is 17.9 Å². The summed E-state index contributed by atoms with van der Waals surface area (Å²) in [5.74, 6) is -0.470. The molecule has 0 atom stereocenters. The van der Waals surface area contributed by atoms with Crippen LogP contribution in [0.1, 0.15) is 11.3 Å². The van der Waals surface area contributed by atoms with E-state index in [-0.39, 0.29) is 24.2 Å². The van der Waals surface area contributed by atoms with Crippen LogP contribution in [0.2, 0.25) is 0 Å². The highest BCUT2D eigenvalue weighted by Crippen LogP contribution is 2.30. The lowest BCUT2D eigenvalue weighted by Gasteiger charge is -2.15. The zero-order valence-electron chi connectivity index (χ0n) is 8.38. The second-order valence-corrected chi connectivity index (χ2v) is 4.07. The monoisotopic (exact) mass is 357 g/mol. The van der Waals surface area contributed by atoms with Gasteiger partial charge in [-0.3, -0.25) is 0 Å². The van der Waals surface area contributed by atoms with Gasteiger partial charge in [-0.2, -0.15) is 5.26 Å². The smallest absolute Gasteiger partial charge is 0.403 e. The zero-order chi connectivity index (χ0) is 13.1. The van der Waals surface area contributed by atoms with Crippen LogP contribution in [0.4, 0.5) is 13.2 Å². The fourth-order valence-corrected chi connectivity index (χ4v) is 1.86. The van der Waals surface area contributed by atoms with Crippen LogP contribution < -0.4 is 10.5 Å². The van der Waals surface area contributed by atoms with Gasteiger partial charge in [0, 0.05) is 12.1 Å². The molecule has 0 aliphatic heterocycles. The molecule has 4 nitrogen and oxygen atoms in total. The van der Waals surface area contributed by atoms with E-state index in [9.17, 15) is 13.2 Å². The van der Waals surface area contributed by atoms with Crippen molar-refractivity contribution in [1.29, 1.82) is 5.26 Å². The number of aromatic nitrogens is 1. The number of ether oxygens (including phenoxy) is 1. The molecule has 0 aliphatic carbocycles. The third-order valence-corrected chi connectivity index (χ3v) is 2.33. The molecule has 0 radical (unpaired) electrons. The summed E-state index contributed by atoms with van der Waals surface area (Å²) in [6.07, 6.45) is -5.10. The Morgan fingerprint density at radius 2 is 2.18 bits per heavy atom. The molecule has 0 fully saturated rings. The van der Waals surface area contributed by atoms with E-state index in [1.807, 2.05) is 22.6 Å². The Bertz CT molecular complexity index is 456. The first-order valence-corrected chi connectivity index (χ1v) is 5.46. The predicted octanol–water partition coefficient (Wildman–Crippen LogP) is 2.11. The number of nitrogens with zero attached hydrogens (tertiary/aromatic N) is 2. The summed E-state index contributed by atoms with van der Waals surface area (Å²) >= 11 is 1.84. The highest BCUT2D eigenvalue weighted by molar-refractivity contribution is 14.1. The van der Waals surface area contributed by atoms with Crippen molar-refractivity contribution in [3.8, 4) is 11.8 Å². The Morgan fingerprint density at radius 3 is 2.65 bits per heavy atom. The van der Waals surface area contributed by atoms with Crippen LogP contribution in [0.15, 0.2) is 6.07 Å². The maximum absolute atomic E-state index is 12.2. The summed E-state index contributed by atoms with van der Waals surface area (Å²) in [4.78, 5) is 3.84. The minimum Gasteiger partial charge on any atom is -0.403 e. The lowest BCUT2D eigenvalue weighted by atomic mass is 10.1. The molecular weight excluding hydrogens is 350 g/mol. The van der Waals surface area contributed by atoms with Gasteiger partial charge in [0.2, 0.25) is 0 Å². The fraction of sp³-hybridized carbons (Fsp3) is 0.333. The Morgan fingerprint density at radius 1 is 1.53 bits per heavy atom. The number of halogens is 4. The first-order chi connectivity index (χ1) is 7.87. The summed E-state index contributed by atoms with van der Waals surface area (Å²) in [6, 6.07) is 3.13. The van der Waals surface area contributed by atoms with Crippen LogP contribution in [0.3, 0.4) is 0 Å². The van der Waals surface area contributed by atoms with Crippen LogP contribution in [-0.4, -0.2) is 11.3 Å².